The van der Waals surface area contributed by atoms with E-state index in [1.165, 1.54) is 16.7 Å². The predicted molar refractivity (Wildman–Crippen MR) is 54.4 cm³/mol. The molecule has 1 aromatic rings. The maximum Gasteiger partial charge on any atom is 0.126 e. The topological polar surface area (TPSA) is 9.23 Å². The predicted octanol–water partition coefficient (Wildman–Crippen LogP) is 2.97. The van der Waals surface area contributed by atoms with Crippen molar-refractivity contribution in [3.63, 3.8) is 0 Å². The fourth-order valence-electron chi connectivity index (χ4n) is 2.14. The number of ether oxygens (including phenoxy) is 1. The first kappa shape index (κ1) is 8.61. The molecule has 0 radical (unpaired) electrons. The third kappa shape index (κ3) is 1.14. The fraction of sp³-hybridized carbons (Fsp3) is 0.500. The van der Waals surface area contributed by atoms with Crippen LogP contribution < -0.4 is 4.74 Å². The summed E-state index contributed by atoms with van der Waals surface area (Å²) in [4.78, 5) is 0. The van der Waals surface area contributed by atoms with E-state index in [2.05, 4.69) is 39.8 Å². The van der Waals surface area contributed by atoms with Crippen molar-refractivity contribution in [3.8, 4) is 5.75 Å². The Morgan fingerprint density at radius 3 is 2.38 bits per heavy atom. The molecule has 0 amide bonds. The van der Waals surface area contributed by atoms with Crippen molar-refractivity contribution >= 4 is 0 Å². The minimum atomic E-state index is 0.186. The van der Waals surface area contributed by atoms with Crippen LogP contribution in [0.1, 0.15) is 30.5 Å². The summed E-state index contributed by atoms with van der Waals surface area (Å²) in [5.74, 6) is 1.12. The van der Waals surface area contributed by atoms with E-state index in [1.54, 1.807) is 0 Å². The van der Waals surface area contributed by atoms with Gasteiger partial charge >= 0.3 is 0 Å². The van der Waals surface area contributed by atoms with Crippen molar-refractivity contribution in [1.29, 1.82) is 0 Å². The van der Waals surface area contributed by atoms with Crippen molar-refractivity contribution in [2.45, 2.75) is 33.1 Å². The second-order valence-corrected chi connectivity index (χ2v) is 4.58. The quantitative estimate of drug-likeness (QED) is 0.590. The lowest BCUT2D eigenvalue weighted by atomic mass is 9.83. The number of fused-ring (bicyclic) bond motifs is 1. The summed E-state index contributed by atoms with van der Waals surface area (Å²) < 4.78 is 5.73. The van der Waals surface area contributed by atoms with Gasteiger partial charge in [-0.05, 0) is 25.0 Å². The van der Waals surface area contributed by atoms with Gasteiger partial charge in [0.25, 0.3) is 0 Å². The molecule has 70 valence electrons. The summed E-state index contributed by atoms with van der Waals surface area (Å²) in [6, 6.07) is 4.32. The molecule has 0 atom stereocenters. The van der Waals surface area contributed by atoms with Gasteiger partial charge in [-0.15, -0.1) is 0 Å². The monoisotopic (exact) mass is 176 g/mol. The lowest BCUT2D eigenvalue weighted by Gasteiger charge is -2.17. The summed E-state index contributed by atoms with van der Waals surface area (Å²) in [6.07, 6.45) is 0. The van der Waals surface area contributed by atoms with Gasteiger partial charge in [0.15, 0.2) is 0 Å². The van der Waals surface area contributed by atoms with E-state index < -0.39 is 0 Å². The van der Waals surface area contributed by atoms with Crippen LogP contribution in [-0.2, 0) is 5.41 Å². The van der Waals surface area contributed by atoms with Crippen LogP contribution in [0, 0.1) is 13.8 Å². The molecule has 0 fully saturated rings. The molecular formula is C12H16O. The van der Waals surface area contributed by atoms with Crippen LogP contribution in [0.25, 0.3) is 0 Å². The van der Waals surface area contributed by atoms with E-state index in [4.69, 9.17) is 4.74 Å². The van der Waals surface area contributed by atoms with Gasteiger partial charge in [0.1, 0.15) is 5.75 Å². The Hall–Kier alpha value is -0.980. The highest BCUT2D eigenvalue weighted by Gasteiger charge is 2.33. The normalized spacial score (nSPS) is 18.2. The van der Waals surface area contributed by atoms with Crippen LogP contribution in [0.5, 0.6) is 5.75 Å². The van der Waals surface area contributed by atoms with E-state index in [-0.39, 0.29) is 5.41 Å². The molecule has 0 aromatic heterocycles. The molecule has 1 aromatic carbocycles. The summed E-state index contributed by atoms with van der Waals surface area (Å²) in [7, 11) is 0. The zero-order chi connectivity index (χ0) is 9.64. The Kier molecular flexibility index (Phi) is 1.66. The average molecular weight is 176 g/mol. The first-order valence-electron chi connectivity index (χ1n) is 4.76. The van der Waals surface area contributed by atoms with Gasteiger partial charge in [0.2, 0.25) is 0 Å². The molecule has 0 saturated carbocycles. The van der Waals surface area contributed by atoms with E-state index in [1.807, 2.05) is 0 Å². The van der Waals surface area contributed by atoms with E-state index in [0.29, 0.717) is 0 Å². The first-order chi connectivity index (χ1) is 6.02. The number of aryl methyl sites for hydroxylation is 2. The Balaban J connectivity index is 2.70. The smallest absolute Gasteiger partial charge is 0.126 e. The van der Waals surface area contributed by atoms with Crippen molar-refractivity contribution < 1.29 is 4.74 Å². The van der Waals surface area contributed by atoms with Crippen molar-refractivity contribution in [3.05, 3.63) is 28.8 Å². The van der Waals surface area contributed by atoms with E-state index >= 15 is 0 Å². The zero-order valence-corrected chi connectivity index (χ0v) is 8.77. The average Bonchev–Trinajstić information content (AvgIpc) is 2.36. The molecule has 2 rings (SSSR count). The maximum absolute atomic E-state index is 5.73. The lowest BCUT2D eigenvalue weighted by Crippen LogP contribution is -2.19. The van der Waals surface area contributed by atoms with E-state index in [9.17, 15) is 0 Å². The maximum atomic E-state index is 5.73. The highest BCUT2D eigenvalue weighted by molar-refractivity contribution is 5.52. The Labute approximate surface area is 79.7 Å². The second kappa shape index (κ2) is 2.50. The minimum absolute atomic E-state index is 0.186. The number of rotatable bonds is 0. The molecule has 13 heavy (non-hydrogen) atoms. The summed E-state index contributed by atoms with van der Waals surface area (Å²) in [5.41, 5.74) is 4.19. The van der Waals surface area contributed by atoms with E-state index in [0.717, 1.165) is 12.4 Å². The minimum Gasteiger partial charge on any atom is -0.492 e. The van der Waals surface area contributed by atoms with Gasteiger partial charge < -0.3 is 4.74 Å². The molecule has 0 aliphatic carbocycles. The molecule has 1 aliphatic heterocycles. The van der Waals surface area contributed by atoms with Gasteiger partial charge in [0, 0.05) is 11.0 Å². The Morgan fingerprint density at radius 1 is 1.15 bits per heavy atom. The van der Waals surface area contributed by atoms with Gasteiger partial charge in [-0.3, -0.25) is 0 Å². The number of hydrogen-bond donors (Lipinski definition) is 0. The number of benzene rings is 1. The Morgan fingerprint density at radius 2 is 1.77 bits per heavy atom. The van der Waals surface area contributed by atoms with Crippen LogP contribution >= 0.6 is 0 Å². The van der Waals surface area contributed by atoms with Gasteiger partial charge in [-0.2, -0.15) is 0 Å². The molecule has 1 heteroatoms. The van der Waals surface area contributed by atoms with Crippen LogP contribution in [-0.4, -0.2) is 6.61 Å². The van der Waals surface area contributed by atoms with Crippen LogP contribution in [0.15, 0.2) is 12.1 Å². The molecule has 1 nitrogen and oxygen atoms in total. The van der Waals surface area contributed by atoms with Crippen molar-refractivity contribution in [1.82, 2.24) is 0 Å². The van der Waals surface area contributed by atoms with Gasteiger partial charge in [-0.25, -0.2) is 0 Å². The van der Waals surface area contributed by atoms with Crippen LogP contribution in [0.4, 0.5) is 0 Å². The molecular weight excluding hydrogens is 160 g/mol. The van der Waals surface area contributed by atoms with Gasteiger partial charge in [-0.1, -0.05) is 26.0 Å². The molecule has 0 N–H and O–H groups in total. The largest absolute Gasteiger partial charge is 0.492 e. The third-order valence-corrected chi connectivity index (χ3v) is 2.82. The van der Waals surface area contributed by atoms with Crippen LogP contribution in [0.2, 0.25) is 0 Å². The summed E-state index contributed by atoms with van der Waals surface area (Å²) in [5, 5.41) is 0. The van der Waals surface area contributed by atoms with Crippen LogP contribution in [0.3, 0.4) is 0 Å². The fourth-order valence-corrected chi connectivity index (χ4v) is 2.14. The lowest BCUT2D eigenvalue weighted by molar-refractivity contribution is 0.290. The molecule has 1 heterocycles. The second-order valence-electron chi connectivity index (χ2n) is 4.58. The molecule has 0 spiro atoms. The van der Waals surface area contributed by atoms with Crippen molar-refractivity contribution in [2.24, 2.45) is 0 Å². The summed E-state index contributed by atoms with van der Waals surface area (Å²) in [6.45, 7) is 9.57. The standard InChI is InChI=1S/C12H16O/c1-8-5-6-9(2)11-10(8)12(3,4)7-13-11/h5-6H,7H2,1-4H3. The molecule has 0 bridgehead atoms. The summed E-state index contributed by atoms with van der Waals surface area (Å²) >= 11 is 0. The molecule has 0 unspecified atom stereocenters. The third-order valence-electron chi connectivity index (χ3n) is 2.82. The number of hydrogen-bond acceptors (Lipinski definition) is 1. The molecule has 1 aliphatic rings. The van der Waals surface area contributed by atoms with Gasteiger partial charge in [0.05, 0.1) is 6.61 Å². The highest BCUT2D eigenvalue weighted by Crippen LogP contribution is 2.42. The highest BCUT2D eigenvalue weighted by atomic mass is 16.5. The SMILES string of the molecule is Cc1ccc(C)c2c1OCC2(C)C. The Bertz CT molecular complexity index is 350. The van der Waals surface area contributed by atoms with Crippen molar-refractivity contribution in [2.75, 3.05) is 6.61 Å². The zero-order valence-electron chi connectivity index (χ0n) is 8.77. The first-order valence-corrected chi connectivity index (χ1v) is 4.76. The molecule has 0 saturated heterocycles.